The number of hydrogen-bond acceptors (Lipinski definition) is 3. The third kappa shape index (κ3) is 4.60. The maximum absolute atomic E-state index is 9.35. The van der Waals surface area contributed by atoms with E-state index in [4.69, 9.17) is 16.3 Å². The average molecular weight is 222 g/mol. The van der Waals surface area contributed by atoms with E-state index in [1.807, 2.05) is 7.05 Å². The molecule has 1 aliphatic heterocycles. The first kappa shape index (κ1) is 12.2. The van der Waals surface area contributed by atoms with E-state index in [1.54, 1.807) is 0 Å². The molecule has 0 aromatic rings. The normalized spacial score (nSPS) is 25.3. The monoisotopic (exact) mass is 221 g/mol. The number of alkyl halides is 1. The van der Waals surface area contributed by atoms with E-state index in [0.717, 1.165) is 26.2 Å². The van der Waals surface area contributed by atoms with Crippen molar-refractivity contribution in [1.29, 1.82) is 0 Å². The Labute approximate surface area is 91.0 Å². The number of likely N-dealkylation sites (N-methyl/N-ethyl adjacent to an activating group) is 1. The van der Waals surface area contributed by atoms with Crippen LogP contribution in [0.1, 0.15) is 12.8 Å². The number of ether oxygens (including phenoxy) is 1. The molecular weight excluding hydrogens is 202 g/mol. The molecule has 0 aromatic carbocycles. The molecule has 1 aliphatic rings. The fourth-order valence-electron chi connectivity index (χ4n) is 1.88. The van der Waals surface area contributed by atoms with Crippen LogP contribution in [-0.4, -0.2) is 55.3 Å². The van der Waals surface area contributed by atoms with Crippen molar-refractivity contribution in [3.05, 3.63) is 0 Å². The Balaban J connectivity index is 2.14. The summed E-state index contributed by atoms with van der Waals surface area (Å²) in [6.07, 6.45) is 1.99. The SMILES string of the molecule is CN(CC(O)CCl)CC1CCCOC1. The van der Waals surface area contributed by atoms with Gasteiger partial charge in [-0.1, -0.05) is 0 Å². The Morgan fingerprint density at radius 2 is 2.43 bits per heavy atom. The van der Waals surface area contributed by atoms with Crippen molar-refractivity contribution in [2.75, 3.05) is 39.2 Å². The fourth-order valence-corrected chi connectivity index (χ4v) is 1.97. The van der Waals surface area contributed by atoms with Crippen LogP contribution >= 0.6 is 11.6 Å². The second kappa shape index (κ2) is 6.62. The number of aliphatic hydroxyl groups is 1. The second-order valence-electron chi connectivity index (χ2n) is 4.11. The van der Waals surface area contributed by atoms with Gasteiger partial charge in [0, 0.05) is 25.6 Å². The Morgan fingerprint density at radius 3 is 3.00 bits per heavy atom. The highest BCUT2D eigenvalue weighted by Crippen LogP contribution is 2.14. The zero-order chi connectivity index (χ0) is 10.4. The van der Waals surface area contributed by atoms with Gasteiger partial charge in [0.25, 0.3) is 0 Å². The van der Waals surface area contributed by atoms with Crippen LogP contribution in [0.5, 0.6) is 0 Å². The molecular formula is C10H20ClNO2. The van der Waals surface area contributed by atoms with E-state index < -0.39 is 6.10 Å². The van der Waals surface area contributed by atoms with Crippen molar-refractivity contribution in [1.82, 2.24) is 4.90 Å². The van der Waals surface area contributed by atoms with Gasteiger partial charge in [0.15, 0.2) is 0 Å². The quantitative estimate of drug-likeness (QED) is 0.702. The molecule has 1 saturated heterocycles. The van der Waals surface area contributed by atoms with Crippen molar-refractivity contribution in [3.8, 4) is 0 Å². The van der Waals surface area contributed by atoms with Crippen molar-refractivity contribution in [2.24, 2.45) is 5.92 Å². The number of hydrogen-bond donors (Lipinski definition) is 1. The van der Waals surface area contributed by atoms with Crippen molar-refractivity contribution < 1.29 is 9.84 Å². The molecule has 84 valence electrons. The number of aliphatic hydroxyl groups excluding tert-OH is 1. The van der Waals surface area contributed by atoms with Crippen LogP contribution in [0.4, 0.5) is 0 Å². The van der Waals surface area contributed by atoms with E-state index in [9.17, 15) is 5.11 Å². The molecule has 3 nitrogen and oxygen atoms in total. The predicted octanol–water partition coefficient (Wildman–Crippen LogP) is 0.944. The highest BCUT2D eigenvalue weighted by Gasteiger charge is 2.16. The third-order valence-electron chi connectivity index (χ3n) is 2.53. The van der Waals surface area contributed by atoms with E-state index >= 15 is 0 Å². The summed E-state index contributed by atoms with van der Waals surface area (Å²) in [5.74, 6) is 0.933. The molecule has 4 heteroatoms. The van der Waals surface area contributed by atoms with Crippen LogP contribution in [0, 0.1) is 5.92 Å². The predicted molar refractivity (Wildman–Crippen MR) is 57.8 cm³/mol. The standard InChI is InChI=1S/C10H20ClNO2/c1-12(7-10(13)5-11)6-9-3-2-4-14-8-9/h9-10,13H,2-8H2,1H3. The smallest absolute Gasteiger partial charge is 0.0802 e. The number of nitrogens with zero attached hydrogens (tertiary/aromatic N) is 1. The van der Waals surface area contributed by atoms with Gasteiger partial charge in [-0.15, -0.1) is 11.6 Å². The fraction of sp³-hybridized carbons (Fsp3) is 1.00. The lowest BCUT2D eigenvalue weighted by Crippen LogP contribution is -2.36. The third-order valence-corrected chi connectivity index (χ3v) is 2.88. The molecule has 2 atom stereocenters. The van der Waals surface area contributed by atoms with Crippen LogP contribution in [0.15, 0.2) is 0 Å². The largest absolute Gasteiger partial charge is 0.391 e. The summed E-state index contributed by atoms with van der Waals surface area (Å²) < 4.78 is 5.40. The lowest BCUT2D eigenvalue weighted by molar-refractivity contribution is 0.0360. The van der Waals surface area contributed by atoms with E-state index in [2.05, 4.69) is 4.90 Å². The van der Waals surface area contributed by atoms with Crippen LogP contribution < -0.4 is 0 Å². The molecule has 1 heterocycles. The van der Waals surface area contributed by atoms with Crippen molar-refractivity contribution in [2.45, 2.75) is 18.9 Å². The van der Waals surface area contributed by atoms with Gasteiger partial charge in [-0.05, 0) is 25.8 Å². The zero-order valence-corrected chi connectivity index (χ0v) is 9.54. The average Bonchev–Trinajstić information content (AvgIpc) is 2.19. The molecule has 0 radical (unpaired) electrons. The maximum Gasteiger partial charge on any atom is 0.0802 e. The lowest BCUT2D eigenvalue weighted by atomic mass is 10.0. The summed E-state index contributed by atoms with van der Waals surface area (Å²) in [5, 5.41) is 9.35. The Morgan fingerprint density at radius 1 is 1.64 bits per heavy atom. The van der Waals surface area contributed by atoms with Crippen molar-refractivity contribution in [3.63, 3.8) is 0 Å². The Hall–Kier alpha value is 0.170. The first-order valence-corrected chi connectivity index (χ1v) is 5.76. The van der Waals surface area contributed by atoms with E-state index in [0.29, 0.717) is 18.3 Å². The van der Waals surface area contributed by atoms with Gasteiger partial charge in [-0.2, -0.15) is 0 Å². The summed E-state index contributed by atoms with van der Waals surface area (Å²) in [5.41, 5.74) is 0. The maximum atomic E-state index is 9.35. The summed E-state index contributed by atoms with van der Waals surface area (Å²) in [4.78, 5) is 2.13. The first-order valence-electron chi connectivity index (χ1n) is 5.22. The summed E-state index contributed by atoms with van der Waals surface area (Å²) in [6.45, 7) is 3.42. The highest BCUT2D eigenvalue weighted by atomic mass is 35.5. The zero-order valence-electron chi connectivity index (χ0n) is 8.79. The van der Waals surface area contributed by atoms with Crippen molar-refractivity contribution >= 4 is 11.6 Å². The highest BCUT2D eigenvalue weighted by molar-refractivity contribution is 6.18. The van der Waals surface area contributed by atoms with Gasteiger partial charge in [0.2, 0.25) is 0 Å². The summed E-state index contributed by atoms with van der Waals surface area (Å²) in [6, 6.07) is 0. The molecule has 14 heavy (non-hydrogen) atoms. The minimum atomic E-state index is -0.411. The molecule has 1 fully saturated rings. The second-order valence-corrected chi connectivity index (χ2v) is 4.42. The molecule has 0 aromatic heterocycles. The minimum Gasteiger partial charge on any atom is -0.391 e. The van der Waals surface area contributed by atoms with E-state index in [-0.39, 0.29) is 0 Å². The molecule has 1 rings (SSSR count). The van der Waals surface area contributed by atoms with Gasteiger partial charge in [0.05, 0.1) is 12.7 Å². The molecule has 0 saturated carbocycles. The topological polar surface area (TPSA) is 32.7 Å². The van der Waals surface area contributed by atoms with Gasteiger partial charge in [-0.25, -0.2) is 0 Å². The Kier molecular flexibility index (Phi) is 5.78. The summed E-state index contributed by atoms with van der Waals surface area (Å²) >= 11 is 5.54. The van der Waals surface area contributed by atoms with Crippen LogP contribution in [0.2, 0.25) is 0 Å². The molecule has 1 N–H and O–H groups in total. The van der Waals surface area contributed by atoms with Gasteiger partial charge < -0.3 is 14.7 Å². The molecule has 0 amide bonds. The van der Waals surface area contributed by atoms with Gasteiger partial charge in [0.1, 0.15) is 0 Å². The first-order chi connectivity index (χ1) is 6.72. The Bertz CT molecular complexity index is 151. The van der Waals surface area contributed by atoms with Crippen LogP contribution in [-0.2, 0) is 4.74 Å². The molecule has 2 unspecified atom stereocenters. The lowest BCUT2D eigenvalue weighted by Gasteiger charge is -2.27. The van der Waals surface area contributed by atoms with E-state index in [1.165, 1.54) is 6.42 Å². The number of halogens is 1. The van der Waals surface area contributed by atoms with Crippen LogP contribution in [0.25, 0.3) is 0 Å². The molecule has 0 spiro atoms. The van der Waals surface area contributed by atoms with Gasteiger partial charge in [-0.3, -0.25) is 0 Å². The molecule has 0 bridgehead atoms. The number of rotatable bonds is 5. The van der Waals surface area contributed by atoms with Crippen LogP contribution in [0.3, 0.4) is 0 Å². The molecule has 0 aliphatic carbocycles. The minimum absolute atomic E-state index is 0.311. The summed E-state index contributed by atoms with van der Waals surface area (Å²) in [7, 11) is 2.02. The van der Waals surface area contributed by atoms with Gasteiger partial charge >= 0.3 is 0 Å².